The van der Waals surface area contributed by atoms with Crippen molar-refractivity contribution in [2.75, 3.05) is 0 Å². The Morgan fingerprint density at radius 3 is 2.48 bits per heavy atom. The van der Waals surface area contributed by atoms with Gasteiger partial charge in [-0.05, 0) is 39.7 Å². The Bertz CT molecular complexity index is 493. The third kappa shape index (κ3) is 3.76. The summed E-state index contributed by atoms with van der Waals surface area (Å²) in [7, 11) is 0. The second kappa shape index (κ2) is 6.48. The minimum Gasteiger partial charge on any atom is -0.491 e. The first kappa shape index (κ1) is 15.8. The van der Waals surface area contributed by atoms with Crippen LogP contribution in [0.5, 0.6) is 5.75 Å². The molecule has 0 bridgehead atoms. The molecule has 0 radical (unpaired) electrons. The van der Waals surface area contributed by atoms with E-state index in [1.807, 2.05) is 45.0 Å². The van der Waals surface area contributed by atoms with Crippen molar-refractivity contribution in [2.24, 2.45) is 5.73 Å². The fraction of sp³-hybridized carbons (Fsp3) is 0.588. The summed E-state index contributed by atoms with van der Waals surface area (Å²) < 4.78 is 5.82. The first-order chi connectivity index (χ1) is 9.92. The van der Waals surface area contributed by atoms with E-state index in [1.165, 1.54) is 0 Å². The highest BCUT2D eigenvalue weighted by molar-refractivity contribution is 5.86. The average molecular weight is 290 g/mol. The first-order valence-electron chi connectivity index (χ1n) is 7.78. The third-order valence-corrected chi connectivity index (χ3v) is 4.04. The van der Waals surface area contributed by atoms with Crippen LogP contribution in [-0.4, -0.2) is 17.6 Å². The van der Waals surface area contributed by atoms with E-state index < -0.39 is 5.54 Å². The van der Waals surface area contributed by atoms with E-state index in [2.05, 4.69) is 5.32 Å². The van der Waals surface area contributed by atoms with Gasteiger partial charge in [0.15, 0.2) is 0 Å². The van der Waals surface area contributed by atoms with Gasteiger partial charge in [0.1, 0.15) is 5.75 Å². The number of nitrogens with one attached hydrogen (secondary N) is 1. The minimum absolute atomic E-state index is 0.0492. The van der Waals surface area contributed by atoms with Gasteiger partial charge in [-0.15, -0.1) is 0 Å². The number of para-hydroxylation sites is 1. The molecule has 0 aliphatic heterocycles. The number of benzene rings is 1. The molecule has 116 valence electrons. The van der Waals surface area contributed by atoms with Crippen molar-refractivity contribution in [3.05, 3.63) is 29.8 Å². The molecule has 1 atom stereocenters. The summed E-state index contributed by atoms with van der Waals surface area (Å²) >= 11 is 0. The van der Waals surface area contributed by atoms with Gasteiger partial charge in [0, 0.05) is 5.56 Å². The Labute approximate surface area is 127 Å². The highest BCUT2D eigenvalue weighted by Crippen LogP contribution is 2.30. The molecule has 3 N–H and O–H groups in total. The molecule has 0 spiro atoms. The predicted molar refractivity (Wildman–Crippen MR) is 84.2 cm³/mol. The van der Waals surface area contributed by atoms with E-state index in [0.717, 1.165) is 37.0 Å². The number of hydrogen-bond donors (Lipinski definition) is 2. The highest BCUT2D eigenvalue weighted by atomic mass is 16.5. The Morgan fingerprint density at radius 1 is 1.24 bits per heavy atom. The molecule has 0 aromatic heterocycles. The van der Waals surface area contributed by atoms with Crippen LogP contribution in [0.4, 0.5) is 0 Å². The molecule has 21 heavy (non-hydrogen) atoms. The summed E-state index contributed by atoms with van der Waals surface area (Å²) in [6, 6.07) is 7.70. The van der Waals surface area contributed by atoms with Gasteiger partial charge in [0.25, 0.3) is 0 Å². The van der Waals surface area contributed by atoms with Gasteiger partial charge < -0.3 is 15.8 Å². The molecule has 1 aliphatic carbocycles. The van der Waals surface area contributed by atoms with E-state index in [-0.39, 0.29) is 18.1 Å². The largest absolute Gasteiger partial charge is 0.491 e. The number of nitrogens with two attached hydrogens (primary N) is 1. The van der Waals surface area contributed by atoms with Crippen LogP contribution in [-0.2, 0) is 4.79 Å². The van der Waals surface area contributed by atoms with Crippen LogP contribution in [0.1, 0.15) is 58.1 Å². The minimum atomic E-state index is -0.692. The maximum atomic E-state index is 12.4. The van der Waals surface area contributed by atoms with Crippen molar-refractivity contribution >= 4 is 5.91 Å². The molecule has 1 unspecified atom stereocenters. The lowest BCUT2D eigenvalue weighted by Gasteiger charge is -2.26. The van der Waals surface area contributed by atoms with E-state index in [9.17, 15) is 4.79 Å². The number of rotatable bonds is 5. The SMILES string of the molecule is CC(C)Oc1ccccc1C(C)NC(=O)C1(N)CCCC1. The highest BCUT2D eigenvalue weighted by Gasteiger charge is 2.37. The maximum Gasteiger partial charge on any atom is 0.240 e. The first-order valence-corrected chi connectivity index (χ1v) is 7.78. The van der Waals surface area contributed by atoms with Gasteiger partial charge in [-0.1, -0.05) is 31.0 Å². The molecule has 1 amide bonds. The number of amides is 1. The molecular formula is C17H26N2O2. The van der Waals surface area contributed by atoms with Crippen LogP contribution in [0.25, 0.3) is 0 Å². The van der Waals surface area contributed by atoms with Crippen molar-refractivity contribution in [3.63, 3.8) is 0 Å². The average Bonchev–Trinajstić information content (AvgIpc) is 2.87. The third-order valence-electron chi connectivity index (χ3n) is 4.04. The maximum absolute atomic E-state index is 12.4. The van der Waals surface area contributed by atoms with Crippen LogP contribution in [0.3, 0.4) is 0 Å². The number of hydrogen-bond acceptors (Lipinski definition) is 3. The molecule has 2 rings (SSSR count). The van der Waals surface area contributed by atoms with Crippen molar-refractivity contribution < 1.29 is 9.53 Å². The quantitative estimate of drug-likeness (QED) is 0.876. The summed E-state index contributed by atoms with van der Waals surface area (Å²) in [5.41, 5.74) is 6.50. The van der Waals surface area contributed by atoms with Crippen LogP contribution in [0.2, 0.25) is 0 Å². The molecule has 1 saturated carbocycles. The second-order valence-corrected chi connectivity index (χ2v) is 6.26. The predicted octanol–water partition coefficient (Wildman–Crippen LogP) is 2.92. The zero-order chi connectivity index (χ0) is 15.5. The Balaban J connectivity index is 2.09. The summed E-state index contributed by atoms with van der Waals surface area (Å²) in [6.45, 7) is 5.96. The number of ether oxygens (including phenoxy) is 1. The zero-order valence-corrected chi connectivity index (χ0v) is 13.2. The van der Waals surface area contributed by atoms with Crippen LogP contribution < -0.4 is 15.8 Å². The van der Waals surface area contributed by atoms with Crippen LogP contribution in [0, 0.1) is 0 Å². The molecule has 0 heterocycles. The van der Waals surface area contributed by atoms with Gasteiger partial charge in [0.05, 0.1) is 17.7 Å². The number of carbonyl (C=O) groups is 1. The fourth-order valence-electron chi connectivity index (χ4n) is 2.85. The smallest absolute Gasteiger partial charge is 0.240 e. The summed E-state index contributed by atoms with van der Waals surface area (Å²) in [4.78, 5) is 12.4. The zero-order valence-electron chi connectivity index (χ0n) is 13.2. The van der Waals surface area contributed by atoms with Gasteiger partial charge in [-0.2, -0.15) is 0 Å². The Morgan fingerprint density at radius 2 is 1.86 bits per heavy atom. The molecule has 1 aromatic rings. The van der Waals surface area contributed by atoms with Gasteiger partial charge in [-0.3, -0.25) is 4.79 Å². The van der Waals surface area contributed by atoms with Crippen molar-refractivity contribution in [3.8, 4) is 5.75 Å². The lowest BCUT2D eigenvalue weighted by atomic mass is 9.97. The van der Waals surface area contributed by atoms with Gasteiger partial charge >= 0.3 is 0 Å². The van der Waals surface area contributed by atoms with Gasteiger partial charge in [0.2, 0.25) is 5.91 Å². The monoisotopic (exact) mass is 290 g/mol. The Kier molecular flexibility index (Phi) is 4.88. The molecule has 4 heteroatoms. The number of carbonyl (C=O) groups excluding carboxylic acids is 1. The van der Waals surface area contributed by atoms with E-state index >= 15 is 0 Å². The second-order valence-electron chi connectivity index (χ2n) is 6.26. The normalized spacial score (nSPS) is 18.5. The molecule has 1 aromatic carbocycles. The van der Waals surface area contributed by atoms with Crippen molar-refractivity contribution in [2.45, 2.75) is 64.1 Å². The molecular weight excluding hydrogens is 264 g/mol. The molecule has 1 aliphatic rings. The lowest BCUT2D eigenvalue weighted by molar-refractivity contribution is -0.126. The standard InChI is InChI=1S/C17H26N2O2/c1-12(2)21-15-9-5-4-8-14(15)13(3)19-16(20)17(18)10-6-7-11-17/h4-5,8-9,12-13H,6-7,10-11,18H2,1-3H3,(H,19,20). The van der Waals surface area contributed by atoms with E-state index in [4.69, 9.17) is 10.5 Å². The van der Waals surface area contributed by atoms with Gasteiger partial charge in [-0.25, -0.2) is 0 Å². The van der Waals surface area contributed by atoms with Crippen molar-refractivity contribution in [1.82, 2.24) is 5.32 Å². The van der Waals surface area contributed by atoms with Crippen molar-refractivity contribution in [1.29, 1.82) is 0 Å². The Hall–Kier alpha value is -1.55. The topological polar surface area (TPSA) is 64.3 Å². The molecule has 0 saturated heterocycles. The summed E-state index contributed by atoms with van der Waals surface area (Å²) in [6.07, 6.45) is 3.71. The van der Waals surface area contributed by atoms with Crippen LogP contribution in [0.15, 0.2) is 24.3 Å². The fourth-order valence-corrected chi connectivity index (χ4v) is 2.85. The van der Waals surface area contributed by atoms with E-state index in [1.54, 1.807) is 0 Å². The summed E-state index contributed by atoms with van der Waals surface area (Å²) in [5, 5.41) is 3.05. The summed E-state index contributed by atoms with van der Waals surface area (Å²) in [5.74, 6) is 0.768. The van der Waals surface area contributed by atoms with E-state index in [0.29, 0.717) is 0 Å². The lowest BCUT2D eigenvalue weighted by Crippen LogP contribution is -2.52. The van der Waals surface area contributed by atoms with Crippen LogP contribution >= 0.6 is 0 Å². The molecule has 1 fully saturated rings. The molecule has 4 nitrogen and oxygen atoms in total.